The molecule has 0 bridgehead atoms. The number of benzene rings is 1. The van der Waals surface area contributed by atoms with Gasteiger partial charge in [0.05, 0.1) is 30.9 Å². The van der Waals surface area contributed by atoms with E-state index in [-0.39, 0.29) is 17.6 Å². The first-order valence-electron chi connectivity index (χ1n) is 12.2. The van der Waals surface area contributed by atoms with Crippen LogP contribution >= 0.6 is 0 Å². The smallest absolute Gasteiger partial charge is 0.207 e. The quantitative estimate of drug-likeness (QED) is 0.255. The largest absolute Gasteiger partial charge is 0.497 e. The van der Waals surface area contributed by atoms with Gasteiger partial charge in [0.25, 0.3) is 0 Å². The summed E-state index contributed by atoms with van der Waals surface area (Å²) in [4.78, 5) is 17.7. The molecule has 0 fully saturated rings. The molecule has 0 atom stereocenters. The van der Waals surface area contributed by atoms with Gasteiger partial charge in [-0.25, -0.2) is 19.9 Å². The number of rotatable bonds is 9. The Kier molecular flexibility index (Phi) is 7.03. The van der Waals surface area contributed by atoms with E-state index in [4.69, 9.17) is 9.47 Å². The fourth-order valence-electron chi connectivity index (χ4n) is 3.91. The second kappa shape index (κ2) is 10.7. The molecule has 4 heterocycles. The minimum Gasteiger partial charge on any atom is -0.497 e. The zero-order chi connectivity index (χ0) is 26.6. The van der Waals surface area contributed by atoms with Crippen LogP contribution in [0.15, 0.2) is 67.1 Å². The third kappa shape index (κ3) is 5.34. The topological polar surface area (TPSA) is 99.0 Å². The number of anilines is 2. The second-order valence-corrected chi connectivity index (χ2v) is 9.01. The van der Waals surface area contributed by atoms with Crippen LogP contribution in [0.5, 0.6) is 17.2 Å². The zero-order valence-corrected chi connectivity index (χ0v) is 21.6. The Morgan fingerprint density at radius 2 is 1.79 bits per heavy atom. The summed E-state index contributed by atoms with van der Waals surface area (Å²) in [5, 5.41) is 7.09. The highest BCUT2D eigenvalue weighted by atomic mass is 19.1. The molecule has 0 aliphatic heterocycles. The first kappa shape index (κ1) is 24.9. The number of hydrogen-bond acceptors (Lipinski definition) is 8. The molecule has 2 N–H and O–H groups in total. The number of nitrogens with one attached hydrogen (secondary N) is 2. The molecule has 0 saturated heterocycles. The van der Waals surface area contributed by atoms with Crippen molar-refractivity contribution in [3.05, 3.63) is 78.5 Å². The summed E-state index contributed by atoms with van der Waals surface area (Å²) in [6, 6.07) is 14.8. The molecule has 0 aliphatic rings. The number of imidazole rings is 1. The van der Waals surface area contributed by atoms with Crippen molar-refractivity contribution in [2.75, 3.05) is 17.7 Å². The van der Waals surface area contributed by atoms with Crippen LogP contribution < -0.4 is 20.1 Å². The van der Waals surface area contributed by atoms with Gasteiger partial charge in [0.2, 0.25) is 11.8 Å². The summed E-state index contributed by atoms with van der Waals surface area (Å²) in [6.45, 7) is 4.52. The monoisotopic (exact) mass is 513 g/mol. The van der Waals surface area contributed by atoms with E-state index in [0.717, 1.165) is 34.0 Å². The van der Waals surface area contributed by atoms with Crippen molar-refractivity contribution in [2.24, 2.45) is 7.05 Å². The van der Waals surface area contributed by atoms with Gasteiger partial charge in [-0.1, -0.05) is 12.1 Å². The Labute approximate surface area is 219 Å². The summed E-state index contributed by atoms with van der Waals surface area (Å²) < 4.78 is 28.1. The summed E-state index contributed by atoms with van der Waals surface area (Å²) in [5.41, 5.74) is 3.12. The zero-order valence-electron chi connectivity index (χ0n) is 21.6. The van der Waals surface area contributed by atoms with Crippen LogP contribution in [0, 0.1) is 5.82 Å². The Morgan fingerprint density at radius 1 is 0.974 bits per heavy atom. The number of aromatic nitrogens is 5. The SMILES string of the molecule is COc1ccc(CNc2nccc(Oc3cnc4nc(-c5cnc(NC(C)C)n5C)ccc4c3)c2F)cc1. The highest BCUT2D eigenvalue weighted by molar-refractivity contribution is 5.79. The van der Waals surface area contributed by atoms with E-state index in [9.17, 15) is 0 Å². The van der Waals surface area contributed by atoms with Crippen molar-refractivity contribution in [1.82, 2.24) is 24.5 Å². The number of halogens is 1. The van der Waals surface area contributed by atoms with Crippen LogP contribution in [0.2, 0.25) is 0 Å². The average Bonchev–Trinajstić information content (AvgIpc) is 3.28. The number of ether oxygens (including phenoxy) is 2. The van der Waals surface area contributed by atoms with E-state index >= 15 is 4.39 Å². The molecular weight excluding hydrogens is 485 g/mol. The molecule has 9 nitrogen and oxygen atoms in total. The van der Waals surface area contributed by atoms with E-state index in [0.29, 0.717) is 17.9 Å². The van der Waals surface area contributed by atoms with E-state index < -0.39 is 5.82 Å². The van der Waals surface area contributed by atoms with E-state index in [2.05, 4.69) is 44.4 Å². The predicted molar refractivity (Wildman–Crippen MR) is 145 cm³/mol. The maximum atomic E-state index is 15.1. The standard InChI is InChI=1S/C28H28FN7O2/c1-17(2)34-28-33-16-23(36(28)3)22-10-7-19-13-21(15-32-26(19)35-22)38-24-11-12-30-27(25(24)29)31-14-18-5-8-20(37-4)9-6-18/h5-13,15-17H,14H2,1-4H3,(H,30,31)(H,33,34). The van der Waals surface area contributed by atoms with Crippen molar-refractivity contribution < 1.29 is 13.9 Å². The number of nitrogens with zero attached hydrogens (tertiary/aromatic N) is 5. The predicted octanol–water partition coefficient (Wildman–Crippen LogP) is 5.80. The van der Waals surface area contributed by atoms with Crippen LogP contribution in [0.1, 0.15) is 19.4 Å². The van der Waals surface area contributed by atoms with Crippen LogP contribution in [0.3, 0.4) is 0 Å². The van der Waals surface area contributed by atoms with Gasteiger partial charge in [0.1, 0.15) is 11.5 Å². The fraction of sp³-hybridized carbons (Fsp3) is 0.214. The van der Waals surface area contributed by atoms with Gasteiger partial charge >= 0.3 is 0 Å². The lowest BCUT2D eigenvalue weighted by atomic mass is 10.2. The van der Waals surface area contributed by atoms with E-state index in [1.54, 1.807) is 19.4 Å². The second-order valence-electron chi connectivity index (χ2n) is 9.01. The lowest BCUT2D eigenvalue weighted by Gasteiger charge is -2.12. The molecule has 0 amide bonds. The molecule has 0 saturated carbocycles. The minimum atomic E-state index is -0.586. The molecule has 0 radical (unpaired) electrons. The van der Waals surface area contributed by atoms with E-state index in [1.165, 1.54) is 18.5 Å². The fourth-order valence-corrected chi connectivity index (χ4v) is 3.91. The summed E-state index contributed by atoms with van der Waals surface area (Å²) in [5.74, 6) is 1.47. The van der Waals surface area contributed by atoms with Gasteiger partial charge in [-0.2, -0.15) is 4.39 Å². The molecule has 10 heteroatoms. The maximum Gasteiger partial charge on any atom is 0.207 e. The first-order chi connectivity index (χ1) is 18.4. The van der Waals surface area contributed by atoms with Gasteiger partial charge in [-0.3, -0.25) is 0 Å². The summed E-state index contributed by atoms with van der Waals surface area (Å²) >= 11 is 0. The number of methoxy groups -OCH3 is 1. The molecule has 0 spiro atoms. The summed E-state index contributed by atoms with van der Waals surface area (Å²) in [6.07, 6.45) is 4.80. The molecule has 0 aliphatic carbocycles. The molecular formula is C28H28FN7O2. The number of pyridine rings is 3. The number of hydrogen-bond donors (Lipinski definition) is 2. The van der Waals surface area contributed by atoms with Gasteiger partial charge in [0, 0.05) is 37.3 Å². The third-order valence-electron chi connectivity index (χ3n) is 5.89. The van der Waals surface area contributed by atoms with Gasteiger partial charge < -0.3 is 24.7 Å². The van der Waals surface area contributed by atoms with Crippen molar-refractivity contribution in [3.63, 3.8) is 0 Å². The van der Waals surface area contributed by atoms with Crippen molar-refractivity contribution >= 4 is 22.8 Å². The van der Waals surface area contributed by atoms with Gasteiger partial charge in [0.15, 0.2) is 17.2 Å². The van der Waals surface area contributed by atoms with Crippen LogP contribution in [-0.4, -0.2) is 37.7 Å². The molecule has 1 aromatic carbocycles. The average molecular weight is 514 g/mol. The normalized spacial score (nSPS) is 11.1. The van der Waals surface area contributed by atoms with Crippen molar-refractivity contribution in [1.29, 1.82) is 0 Å². The Hall–Kier alpha value is -4.73. The molecule has 4 aromatic heterocycles. The minimum absolute atomic E-state index is 0.0445. The molecule has 5 rings (SSSR count). The van der Waals surface area contributed by atoms with Crippen molar-refractivity contribution in [2.45, 2.75) is 26.4 Å². The van der Waals surface area contributed by atoms with Gasteiger partial charge in [-0.15, -0.1) is 0 Å². The maximum absolute atomic E-state index is 15.1. The van der Waals surface area contributed by atoms with Gasteiger partial charge in [-0.05, 0) is 49.7 Å². The molecule has 5 aromatic rings. The Bertz CT molecular complexity index is 1570. The van der Waals surface area contributed by atoms with E-state index in [1.807, 2.05) is 48.0 Å². The Balaban J connectivity index is 1.32. The number of fused-ring (bicyclic) bond motifs is 1. The van der Waals surface area contributed by atoms with Crippen molar-refractivity contribution in [3.8, 4) is 28.6 Å². The van der Waals surface area contributed by atoms with Crippen LogP contribution in [0.25, 0.3) is 22.4 Å². The highest BCUT2D eigenvalue weighted by Gasteiger charge is 2.14. The lowest BCUT2D eigenvalue weighted by Crippen LogP contribution is -2.13. The Morgan fingerprint density at radius 3 is 2.55 bits per heavy atom. The molecule has 194 valence electrons. The molecule has 38 heavy (non-hydrogen) atoms. The van der Waals surface area contributed by atoms with Crippen LogP contribution in [0.4, 0.5) is 16.2 Å². The lowest BCUT2D eigenvalue weighted by molar-refractivity contribution is 0.414. The molecule has 0 unspecified atom stereocenters. The third-order valence-corrected chi connectivity index (χ3v) is 5.89. The first-order valence-corrected chi connectivity index (χ1v) is 12.2. The van der Waals surface area contributed by atoms with Crippen LogP contribution in [-0.2, 0) is 13.6 Å². The summed E-state index contributed by atoms with van der Waals surface area (Å²) in [7, 11) is 3.55. The highest BCUT2D eigenvalue weighted by Crippen LogP contribution is 2.30.